The Bertz CT molecular complexity index is 1020. The Morgan fingerprint density at radius 2 is 1.89 bits per heavy atom. The fourth-order valence-electron chi connectivity index (χ4n) is 3.25. The molecule has 0 saturated heterocycles. The molecule has 3 heterocycles. The van der Waals surface area contributed by atoms with Crippen molar-refractivity contribution in [1.29, 1.82) is 0 Å². The van der Waals surface area contributed by atoms with E-state index in [1.54, 1.807) is 6.92 Å². The van der Waals surface area contributed by atoms with Crippen LogP contribution in [0.5, 0.6) is 0 Å². The number of rotatable bonds is 2. The molecule has 2 aromatic heterocycles. The van der Waals surface area contributed by atoms with Gasteiger partial charge in [0.2, 0.25) is 5.82 Å². The largest absolute Gasteiger partial charge is 0.451 e. The van der Waals surface area contributed by atoms with Gasteiger partial charge < -0.3 is 14.0 Å². The first-order valence-corrected chi connectivity index (χ1v) is 8.60. The molecule has 3 aromatic rings. The van der Waals surface area contributed by atoms with Crippen LogP contribution in [0.4, 0.5) is 13.2 Å². The monoisotopic (exact) mass is 391 g/mol. The molecule has 10 heteroatoms. The molecule has 1 aromatic carbocycles. The highest BCUT2D eigenvalue weighted by Crippen LogP contribution is 2.33. The molecule has 0 N–H and O–H groups in total. The van der Waals surface area contributed by atoms with Crippen LogP contribution in [0.25, 0.3) is 11.3 Å². The van der Waals surface area contributed by atoms with Crippen molar-refractivity contribution in [2.45, 2.75) is 32.6 Å². The highest BCUT2D eigenvalue weighted by atomic mass is 19.4. The molecular formula is C18H16F3N5O2. The Morgan fingerprint density at radius 3 is 2.57 bits per heavy atom. The van der Waals surface area contributed by atoms with Gasteiger partial charge in [-0.2, -0.15) is 13.2 Å². The van der Waals surface area contributed by atoms with Gasteiger partial charge in [0.25, 0.3) is 5.91 Å². The summed E-state index contributed by atoms with van der Waals surface area (Å²) in [5, 5.41) is 10.7. The molecule has 146 valence electrons. The number of hydrogen-bond donors (Lipinski definition) is 0. The first-order valence-electron chi connectivity index (χ1n) is 8.60. The Labute approximate surface area is 157 Å². The number of aryl methyl sites for hydroxylation is 1. The number of alkyl halides is 3. The minimum Gasteiger partial charge on any atom is -0.355 e. The fourth-order valence-corrected chi connectivity index (χ4v) is 3.25. The third-order valence-corrected chi connectivity index (χ3v) is 4.76. The summed E-state index contributed by atoms with van der Waals surface area (Å²) >= 11 is 0. The van der Waals surface area contributed by atoms with E-state index in [0.29, 0.717) is 5.76 Å². The summed E-state index contributed by atoms with van der Waals surface area (Å²) in [6.07, 6.45) is -4.59. The number of halogens is 3. The van der Waals surface area contributed by atoms with Crippen molar-refractivity contribution in [3.63, 3.8) is 0 Å². The minimum absolute atomic E-state index is 0.0457. The molecule has 1 aliphatic heterocycles. The van der Waals surface area contributed by atoms with Crippen LogP contribution >= 0.6 is 0 Å². The Morgan fingerprint density at radius 1 is 1.18 bits per heavy atom. The molecule has 0 radical (unpaired) electrons. The third-order valence-electron chi connectivity index (χ3n) is 4.76. The number of carbonyl (C=O) groups is 1. The van der Waals surface area contributed by atoms with E-state index >= 15 is 0 Å². The predicted octanol–water partition coefficient (Wildman–Crippen LogP) is 3.48. The van der Waals surface area contributed by atoms with Crippen molar-refractivity contribution in [2.24, 2.45) is 0 Å². The summed E-state index contributed by atoms with van der Waals surface area (Å²) in [5.74, 6) is -0.952. The minimum atomic E-state index is -4.59. The van der Waals surface area contributed by atoms with Crippen LogP contribution in [0.15, 0.2) is 34.9 Å². The normalized spacial score (nSPS) is 16.9. The molecular weight excluding hydrogens is 375 g/mol. The topological polar surface area (TPSA) is 77.1 Å². The van der Waals surface area contributed by atoms with Crippen molar-refractivity contribution in [3.05, 3.63) is 53.2 Å². The highest BCUT2D eigenvalue weighted by Gasteiger charge is 2.42. The van der Waals surface area contributed by atoms with Gasteiger partial charge in [-0.25, -0.2) is 0 Å². The Kier molecular flexibility index (Phi) is 4.20. The summed E-state index contributed by atoms with van der Waals surface area (Å²) in [5.41, 5.74) is 1.95. The van der Waals surface area contributed by atoms with Crippen LogP contribution in [0.2, 0.25) is 0 Å². The van der Waals surface area contributed by atoms with Crippen LogP contribution in [-0.2, 0) is 12.7 Å². The zero-order valence-electron chi connectivity index (χ0n) is 15.1. The van der Waals surface area contributed by atoms with E-state index in [1.165, 1.54) is 11.0 Å². The van der Waals surface area contributed by atoms with Gasteiger partial charge in [0.05, 0.1) is 6.04 Å². The van der Waals surface area contributed by atoms with Crippen molar-refractivity contribution < 1.29 is 22.5 Å². The van der Waals surface area contributed by atoms with E-state index in [9.17, 15) is 18.0 Å². The van der Waals surface area contributed by atoms with Crippen molar-refractivity contribution >= 4 is 5.91 Å². The number of hydrogen-bond acceptors (Lipinski definition) is 5. The lowest BCUT2D eigenvalue weighted by Gasteiger charge is -2.33. The zero-order valence-corrected chi connectivity index (χ0v) is 15.1. The van der Waals surface area contributed by atoms with E-state index < -0.39 is 23.9 Å². The number of carbonyl (C=O) groups excluding carboxylic acids is 1. The molecule has 7 nitrogen and oxygen atoms in total. The maximum Gasteiger partial charge on any atom is 0.451 e. The fraction of sp³-hybridized carbons (Fsp3) is 0.333. The zero-order chi connectivity index (χ0) is 20.1. The molecule has 1 aliphatic rings. The van der Waals surface area contributed by atoms with Gasteiger partial charge in [0, 0.05) is 24.7 Å². The van der Waals surface area contributed by atoms with Gasteiger partial charge in [-0.1, -0.05) is 35.0 Å². The standard InChI is InChI=1S/C18H16F3N5O2/c1-10-3-5-12(6-4-10)14-9-13(24-28-14)16(27)25-7-8-26-15(11(25)2)22-23-17(26)18(19,20)21/h3-6,9,11H,7-8H2,1-2H3. The molecule has 0 bridgehead atoms. The molecule has 0 spiro atoms. The van der Waals surface area contributed by atoms with E-state index in [1.807, 2.05) is 31.2 Å². The number of fused-ring (bicyclic) bond motifs is 1. The second kappa shape index (κ2) is 6.47. The van der Waals surface area contributed by atoms with E-state index in [-0.39, 0.29) is 24.6 Å². The molecule has 0 fully saturated rings. The SMILES string of the molecule is Cc1ccc(-c2cc(C(=O)N3CCn4c(nnc4C(F)(F)F)C3C)no2)cc1. The molecule has 4 rings (SSSR count). The van der Waals surface area contributed by atoms with Crippen molar-refractivity contribution in [2.75, 3.05) is 6.54 Å². The highest BCUT2D eigenvalue weighted by molar-refractivity contribution is 5.93. The van der Waals surface area contributed by atoms with Gasteiger partial charge in [-0.15, -0.1) is 10.2 Å². The molecule has 1 amide bonds. The molecule has 1 atom stereocenters. The lowest BCUT2D eigenvalue weighted by atomic mass is 10.1. The predicted molar refractivity (Wildman–Crippen MR) is 91.2 cm³/mol. The van der Waals surface area contributed by atoms with Gasteiger partial charge >= 0.3 is 6.18 Å². The van der Waals surface area contributed by atoms with Crippen LogP contribution in [0, 0.1) is 6.92 Å². The lowest BCUT2D eigenvalue weighted by Crippen LogP contribution is -2.42. The quantitative estimate of drug-likeness (QED) is 0.669. The van der Waals surface area contributed by atoms with Crippen LogP contribution in [0.3, 0.4) is 0 Å². The lowest BCUT2D eigenvalue weighted by molar-refractivity contribution is -0.148. The average molecular weight is 391 g/mol. The van der Waals surface area contributed by atoms with E-state index in [2.05, 4.69) is 15.4 Å². The van der Waals surface area contributed by atoms with E-state index in [0.717, 1.165) is 15.7 Å². The Balaban J connectivity index is 1.58. The third kappa shape index (κ3) is 3.04. The van der Waals surface area contributed by atoms with Crippen molar-refractivity contribution in [1.82, 2.24) is 24.8 Å². The summed E-state index contributed by atoms with van der Waals surface area (Å²) in [7, 11) is 0. The molecule has 28 heavy (non-hydrogen) atoms. The molecule has 0 aliphatic carbocycles. The maximum atomic E-state index is 13.0. The Hall–Kier alpha value is -3.17. The first kappa shape index (κ1) is 18.2. The van der Waals surface area contributed by atoms with Gasteiger partial charge in [0.15, 0.2) is 17.3 Å². The number of aromatic nitrogens is 4. The second-order valence-corrected chi connectivity index (χ2v) is 6.65. The first-order chi connectivity index (χ1) is 13.3. The number of amides is 1. The summed E-state index contributed by atoms with van der Waals surface area (Å²) in [6, 6.07) is 8.39. The number of benzene rings is 1. The van der Waals surface area contributed by atoms with Gasteiger partial charge in [0.1, 0.15) is 0 Å². The molecule has 0 saturated carbocycles. The number of nitrogens with zero attached hydrogens (tertiary/aromatic N) is 5. The summed E-state index contributed by atoms with van der Waals surface area (Å²) < 4.78 is 45.3. The van der Waals surface area contributed by atoms with E-state index in [4.69, 9.17) is 4.52 Å². The molecule has 1 unspecified atom stereocenters. The second-order valence-electron chi connectivity index (χ2n) is 6.65. The summed E-state index contributed by atoms with van der Waals surface area (Å²) in [6.45, 7) is 3.61. The van der Waals surface area contributed by atoms with Crippen LogP contribution in [-0.4, -0.2) is 37.3 Å². The van der Waals surface area contributed by atoms with Gasteiger partial charge in [-0.3, -0.25) is 4.79 Å². The summed E-state index contributed by atoms with van der Waals surface area (Å²) in [4.78, 5) is 14.3. The average Bonchev–Trinajstić information content (AvgIpc) is 3.29. The smallest absolute Gasteiger partial charge is 0.355 e. The maximum absolute atomic E-state index is 13.0. The van der Waals surface area contributed by atoms with Gasteiger partial charge in [-0.05, 0) is 13.8 Å². The van der Waals surface area contributed by atoms with Crippen molar-refractivity contribution in [3.8, 4) is 11.3 Å². The van der Waals surface area contributed by atoms with Crippen LogP contribution < -0.4 is 0 Å². The van der Waals surface area contributed by atoms with Crippen LogP contribution in [0.1, 0.15) is 40.7 Å².